The summed E-state index contributed by atoms with van der Waals surface area (Å²) in [6, 6.07) is 10.3. The van der Waals surface area contributed by atoms with E-state index in [9.17, 15) is 13.2 Å². The molecule has 0 aromatic heterocycles. The van der Waals surface area contributed by atoms with Crippen molar-refractivity contribution in [1.82, 2.24) is 0 Å². The van der Waals surface area contributed by atoms with E-state index in [2.05, 4.69) is 0 Å². The zero-order valence-corrected chi connectivity index (χ0v) is 17.1. The van der Waals surface area contributed by atoms with Gasteiger partial charge in [0.2, 0.25) is 0 Å². The average Bonchev–Trinajstić information content (AvgIpc) is 2.63. The van der Waals surface area contributed by atoms with E-state index in [4.69, 9.17) is 32.7 Å². The van der Waals surface area contributed by atoms with Gasteiger partial charge in [0, 0.05) is 5.02 Å². The summed E-state index contributed by atoms with van der Waals surface area (Å²) in [5, 5.41) is 0.420. The third-order valence-electron chi connectivity index (χ3n) is 3.48. The first-order valence-electron chi connectivity index (χ1n) is 8.15. The first-order valence-corrected chi connectivity index (χ1v) is 10.4. The molecule has 6 nitrogen and oxygen atoms in total. The standard InChI is InChI=1S/C18H19Cl2NO5S/c1-3-25-14-6-8-15(9-7-14)27(23,24)21(12-18(22)26-4-2)17-11-13(19)5-10-16(17)20/h5-11H,3-4,12H2,1-2H3. The minimum atomic E-state index is -4.10. The molecule has 0 aliphatic carbocycles. The monoisotopic (exact) mass is 431 g/mol. The second-order valence-electron chi connectivity index (χ2n) is 5.32. The number of halogens is 2. The molecule has 0 amide bonds. The van der Waals surface area contributed by atoms with Crippen LogP contribution >= 0.6 is 23.2 Å². The topological polar surface area (TPSA) is 72.9 Å². The molecule has 2 aromatic carbocycles. The summed E-state index contributed by atoms with van der Waals surface area (Å²) in [5.41, 5.74) is 0.0890. The highest BCUT2D eigenvalue weighted by Gasteiger charge is 2.29. The number of hydrogen-bond acceptors (Lipinski definition) is 5. The van der Waals surface area contributed by atoms with E-state index in [0.29, 0.717) is 12.4 Å². The van der Waals surface area contributed by atoms with Crippen LogP contribution in [-0.2, 0) is 19.6 Å². The zero-order chi connectivity index (χ0) is 20.0. The summed E-state index contributed by atoms with van der Waals surface area (Å²) in [4.78, 5) is 12.0. The van der Waals surface area contributed by atoms with Crippen LogP contribution in [0, 0.1) is 0 Å². The molecule has 0 fully saturated rings. The van der Waals surface area contributed by atoms with Crippen molar-refractivity contribution in [1.29, 1.82) is 0 Å². The van der Waals surface area contributed by atoms with E-state index in [1.807, 2.05) is 6.92 Å². The van der Waals surface area contributed by atoms with Gasteiger partial charge in [0.1, 0.15) is 12.3 Å². The summed E-state index contributed by atoms with van der Waals surface area (Å²) < 4.78 is 37.5. The third-order valence-corrected chi connectivity index (χ3v) is 5.81. The number of sulfonamides is 1. The Morgan fingerprint density at radius 3 is 2.30 bits per heavy atom. The van der Waals surface area contributed by atoms with Crippen LogP contribution in [0.1, 0.15) is 13.8 Å². The Balaban J connectivity index is 2.50. The van der Waals surface area contributed by atoms with Crippen molar-refractivity contribution in [2.75, 3.05) is 24.1 Å². The molecule has 2 aromatic rings. The molecule has 0 atom stereocenters. The zero-order valence-electron chi connectivity index (χ0n) is 14.8. The smallest absolute Gasteiger partial charge is 0.326 e. The maximum absolute atomic E-state index is 13.2. The van der Waals surface area contributed by atoms with Crippen LogP contribution in [0.2, 0.25) is 10.0 Å². The van der Waals surface area contributed by atoms with Crippen molar-refractivity contribution < 1.29 is 22.7 Å². The van der Waals surface area contributed by atoms with E-state index in [0.717, 1.165) is 4.31 Å². The molecular weight excluding hydrogens is 413 g/mol. The van der Waals surface area contributed by atoms with Crippen LogP contribution in [0.25, 0.3) is 0 Å². The summed E-state index contributed by atoms with van der Waals surface area (Å²) in [5.74, 6) is -0.169. The fourth-order valence-electron chi connectivity index (χ4n) is 2.30. The predicted molar refractivity (Wildman–Crippen MR) is 105 cm³/mol. The lowest BCUT2D eigenvalue weighted by Gasteiger charge is -2.24. The van der Waals surface area contributed by atoms with E-state index in [-0.39, 0.29) is 27.2 Å². The number of hydrogen-bond donors (Lipinski definition) is 0. The van der Waals surface area contributed by atoms with Gasteiger partial charge in [-0.25, -0.2) is 8.42 Å². The van der Waals surface area contributed by atoms with Gasteiger partial charge in [0.15, 0.2) is 0 Å². The van der Waals surface area contributed by atoms with Gasteiger partial charge in [-0.3, -0.25) is 9.10 Å². The maximum atomic E-state index is 13.2. The molecule has 0 N–H and O–H groups in total. The average molecular weight is 432 g/mol. The van der Waals surface area contributed by atoms with E-state index in [1.54, 1.807) is 19.1 Å². The Bertz CT molecular complexity index is 900. The molecular formula is C18H19Cl2NO5S. The van der Waals surface area contributed by atoms with Gasteiger partial charge in [-0.1, -0.05) is 23.2 Å². The summed E-state index contributed by atoms with van der Waals surface area (Å²) in [6.45, 7) is 3.50. The minimum Gasteiger partial charge on any atom is -0.494 e. The quantitative estimate of drug-likeness (QED) is 0.586. The Hall–Kier alpha value is -1.96. The minimum absolute atomic E-state index is 0.0220. The molecule has 0 aliphatic rings. The van der Waals surface area contributed by atoms with Gasteiger partial charge in [-0.05, 0) is 56.3 Å². The number of rotatable bonds is 8. The molecule has 0 aliphatic heterocycles. The lowest BCUT2D eigenvalue weighted by atomic mass is 10.3. The molecule has 146 valence electrons. The third kappa shape index (κ3) is 5.28. The molecule has 0 saturated carbocycles. The SMILES string of the molecule is CCOC(=O)CN(c1cc(Cl)ccc1Cl)S(=O)(=O)c1ccc(OCC)cc1. The van der Waals surface area contributed by atoms with Gasteiger partial charge in [0.25, 0.3) is 10.0 Å². The van der Waals surface area contributed by atoms with Crippen LogP contribution in [0.3, 0.4) is 0 Å². The summed E-state index contributed by atoms with van der Waals surface area (Å²) >= 11 is 12.2. The second-order valence-corrected chi connectivity index (χ2v) is 8.02. The van der Waals surface area contributed by atoms with E-state index in [1.165, 1.54) is 30.3 Å². The number of benzene rings is 2. The van der Waals surface area contributed by atoms with Crippen LogP contribution in [0.15, 0.2) is 47.4 Å². The molecule has 0 bridgehead atoms. The van der Waals surface area contributed by atoms with Crippen LogP contribution in [-0.4, -0.2) is 34.1 Å². The van der Waals surface area contributed by atoms with Crippen molar-refractivity contribution in [3.05, 3.63) is 52.5 Å². The first kappa shape index (κ1) is 21.3. The normalized spacial score (nSPS) is 11.1. The van der Waals surface area contributed by atoms with Crippen molar-refractivity contribution >= 4 is 44.9 Å². The van der Waals surface area contributed by atoms with Crippen LogP contribution in [0.5, 0.6) is 5.75 Å². The van der Waals surface area contributed by atoms with E-state index >= 15 is 0 Å². The number of ether oxygens (including phenoxy) is 2. The highest BCUT2D eigenvalue weighted by atomic mass is 35.5. The highest BCUT2D eigenvalue weighted by Crippen LogP contribution is 2.33. The van der Waals surface area contributed by atoms with Gasteiger partial charge < -0.3 is 9.47 Å². The lowest BCUT2D eigenvalue weighted by Crippen LogP contribution is -2.36. The fraction of sp³-hybridized carbons (Fsp3) is 0.278. The molecule has 27 heavy (non-hydrogen) atoms. The van der Waals surface area contributed by atoms with Gasteiger partial charge in [0.05, 0.1) is 28.8 Å². The lowest BCUT2D eigenvalue weighted by molar-refractivity contribution is -0.141. The van der Waals surface area contributed by atoms with Gasteiger partial charge in [-0.15, -0.1) is 0 Å². The summed E-state index contributed by atoms with van der Waals surface area (Å²) in [7, 11) is -4.10. The Morgan fingerprint density at radius 1 is 1.04 bits per heavy atom. The Labute approximate surface area is 168 Å². The molecule has 2 rings (SSSR count). The Kier molecular flexibility index (Phi) is 7.35. The van der Waals surface area contributed by atoms with E-state index < -0.39 is 22.5 Å². The number of nitrogens with zero attached hydrogens (tertiary/aromatic N) is 1. The van der Waals surface area contributed by atoms with Crippen molar-refractivity contribution in [3.8, 4) is 5.75 Å². The van der Waals surface area contributed by atoms with Gasteiger partial charge >= 0.3 is 5.97 Å². The fourth-order valence-corrected chi connectivity index (χ4v) is 4.16. The van der Waals surface area contributed by atoms with Crippen molar-refractivity contribution in [2.45, 2.75) is 18.7 Å². The molecule has 9 heteroatoms. The summed E-state index contributed by atoms with van der Waals surface area (Å²) in [6.07, 6.45) is 0. The molecule has 0 spiro atoms. The first-order chi connectivity index (χ1) is 12.8. The predicted octanol–water partition coefficient (Wildman–Crippen LogP) is 4.15. The van der Waals surface area contributed by atoms with Crippen molar-refractivity contribution in [3.63, 3.8) is 0 Å². The van der Waals surface area contributed by atoms with Crippen LogP contribution in [0.4, 0.5) is 5.69 Å². The highest BCUT2D eigenvalue weighted by molar-refractivity contribution is 7.92. The maximum Gasteiger partial charge on any atom is 0.326 e. The number of anilines is 1. The number of esters is 1. The second kappa shape index (κ2) is 9.30. The molecule has 0 heterocycles. The number of carbonyl (C=O) groups is 1. The Morgan fingerprint density at radius 2 is 1.70 bits per heavy atom. The van der Waals surface area contributed by atoms with Gasteiger partial charge in [-0.2, -0.15) is 0 Å². The largest absolute Gasteiger partial charge is 0.494 e. The molecule has 0 unspecified atom stereocenters. The number of carbonyl (C=O) groups excluding carboxylic acids is 1. The molecule has 0 radical (unpaired) electrons. The van der Waals surface area contributed by atoms with Crippen molar-refractivity contribution in [2.24, 2.45) is 0 Å². The molecule has 0 saturated heterocycles. The van der Waals surface area contributed by atoms with Crippen LogP contribution < -0.4 is 9.04 Å².